The van der Waals surface area contributed by atoms with Crippen LogP contribution in [0.15, 0.2) is 4.99 Å². The Morgan fingerprint density at radius 1 is 1.09 bits per heavy atom. The number of aliphatic imine (C=N–C) groups is 1. The van der Waals surface area contributed by atoms with Gasteiger partial charge in [-0.3, -0.25) is 24.2 Å². The van der Waals surface area contributed by atoms with Crippen molar-refractivity contribution in [1.29, 1.82) is 0 Å². The number of rotatable bonds is 12. The fraction of sp³-hybridized carbons (Fsp3) is 0.667. The molecule has 0 aromatic heterocycles. The van der Waals surface area contributed by atoms with Crippen LogP contribution in [0.4, 0.5) is 0 Å². The van der Waals surface area contributed by atoms with Gasteiger partial charge in [-0.15, -0.1) is 0 Å². The largest absolute Gasteiger partial charge is 0.481 e. The average Bonchev–Trinajstić information content (AvgIpc) is 3.18. The summed E-state index contributed by atoms with van der Waals surface area (Å²) < 4.78 is 0. The van der Waals surface area contributed by atoms with E-state index in [1.165, 1.54) is 11.8 Å². The molecule has 4 unspecified atom stereocenters. The van der Waals surface area contributed by atoms with Crippen molar-refractivity contribution in [2.24, 2.45) is 22.2 Å². The molecule has 1 heterocycles. The van der Waals surface area contributed by atoms with Gasteiger partial charge in [0.25, 0.3) is 0 Å². The van der Waals surface area contributed by atoms with Crippen molar-refractivity contribution in [3.63, 3.8) is 0 Å². The summed E-state index contributed by atoms with van der Waals surface area (Å²) in [6.45, 7) is 1.72. The summed E-state index contributed by atoms with van der Waals surface area (Å²) in [5.41, 5.74) is 16.0. The fourth-order valence-corrected chi connectivity index (χ4v) is 3.21. The lowest BCUT2D eigenvalue weighted by atomic mass is 10.1. The number of nitrogens with zero attached hydrogens (tertiary/aromatic N) is 2. The third-order valence-electron chi connectivity index (χ3n) is 4.81. The molecule has 14 heteroatoms. The Bertz CT molecular complexity index is 752. The highest BCUT2D eigenvalue weighted by Crippen LogP contribution is 2.19. The molecule has 1 aliphatic heterocycles. The predicted octanol–water partition coefficient (Wildman–Crippen LogP) is -3.09. The lowest BCUT2D eigenvalue weighted by Crippen LogP contribution is -2.57. The standard InChI is InChI=1S/C18H31N7O7/c1-9(19)14(28)24-11(8-13(26)27)15(29)23-10(4-2-6-22-18(20)21)16(30)25-7-3-5-12(25)17(31)32/h9-12H,2-8,19H2,1H3,(H,23,29)(H,24,28)(H,26,27)(H,31,32)(H4,20,21,22). The molecular weight excluding hydrogens is 426 g/mol. The van der Waals surface area contributed by atoms with Crippen molar-refractivity contribution in [2.75, 3.05) is 13.1 Å². The zero-order valence-corrected chi connectivity index (χ0v) is 17.8. The van der Waals surface area contributed by atoms with Crippen molar-refractivity contribution < 1.29 is 34.2 Å². The number of aliphatic carboxylic acids is 2. The molecule has 0 saturated carbocycles. The van der Waals surface area contributed by atoms with Crippen LogP contribution in [0.1, 0.15) is 39.0 Å². The zero-order chi connectivity index (χ0) is 24.4. The van der Waals surface area contributed by atoms with Crippen LogP contribution in [0.5, 0.6) is 0 Å². The van der Waals surface area contributed by atoms with Crippen LogP contribution in [0.3, 0.4) is 0 Å². The van der Waals surface area contributed by atoms with Gasteiger partial charge in [0.1, 0.15) is 18.1 Å². The summed E-state index contributed by atoms with van der Waals surface area (Å²) in [5.74, 6) is -4.94. The van der Waals surface area contributed by atoms with E-state index in [9.17, 15) is 29.1 Å². The summed E-state index contributed by atoms with van der Waals surface area (Å²) in [6.07, 6.45) is 0.368. The second-order valence-corrected chi connectivity index (χ2v) is 7.49. The molecule has 0 bridgehead atoms. The van der Waals surface area contributed by atoms with Gasteiger partial charge in [0.15, 0.2) is 5.96 Å². The predicted molar refractivity (Wildman–Crippen MR) is 112 cm³/mol. The second-order valence-electron chi connectivity index (χ2n) is 7.49. The Labute approximate surface area is 184 Å². The fourth-order valence-electron chi connectivity index (χ4n) is 3.21. The first-order valence-corrected chi connectivity index (χ1v) is 10.1. The number of guanidine groups is 1. The number of carboxylic acids is 2. The van der Waals surface area contributed by atoms with Crippen LogP contribution in [0.25, 0.3) is 0 Å². The lowest BCUT2D eigenvalue weighted by molar-refractivity contribution is -0.149. The minimum atomic E-state index is -1.48. The van der Waals surface area contributed by atoms with Crippen LogP contribution in [0.2, 0.25) is 0 Å². The number of carboxylic acid groups (broad SMARTS) is 2. The van der Waals surface area contributed by atoms with Gasteiger partial charge in [-0.1, -0.05) is 0 Å². The summed E-state index contributed by atoms with van der Waals surface area (Å²) in [5, 5.41) is 23.1. The number of amides is 3. The summed E-state index contributed by atoms with van der Waals surface area (Å²) in [6, 6.07) is -4.66. The molecule has 32 heavy (non-hydrogen) atoms. The number of carbonyl (C=O) groups is 5. The topological polar surface area (TPSA) is 244 Å². The van der Waals surface area contributed by atoms with Gasteiger partial charge in [0.2, 0.25) is 17.7 Å². The molecule has 1 aliphatic rings. The van der Waals surface area contributed by atoms with Gasteiger partial charge in [-0.05, 0) is 32.6 Å². The SMILES string of the molecule is CC(N)C(=O)NC(CC(=O)O)C(=O)NC(CCCN=C(N)N)C(=O)N1CCCC1C(=O)O. The van der Waals surface area contributed by atoms with Gasteiger partial charge >= 0.3 is 11.9 Å². The number of nitrogens with one attached hydrogen (secondary N) is 2. The highest BCUT2D eigenvalue weighted by atomic mass is 16.4. The Morgan fingerprint density at radius 2 is 1.72 bits per heavy atom. The smallest absolute Gasteiger partial charge is 0.326 e. The first-order chi connectivity index (χ1) is 14.9. The molecule has 1 rings (SSSR count). The summed E-state index contributed by atoms with van der Waals surface area (Å²) >= 11 is 0. The molecule has 0 aromatic carbocycles. The first kappa shape index (κ1) is 26.6. The van der Waals surface area contributed by atoms with Crippen molar-refractivity contribution >= 4 is 35.6 Å². The number of carbonyl (C=O) groups excluding carboxylic acids is 3. The molecule has 14 nitrogen and oxygen atoms in total. The van der Waals surface area contributed by atoms with E-state index < -0.39 is 60.2 Å². The molecule has 4 atom stereocenters. The third-order valence-corrected chi connectivity index (χ3v) is 4.81. The first-order valence-electron chi connectivity index (χ1n) is 10.1. The summed E-state index contributed by atoms with van der Waals surface area (Å²) in [4.78, 5) is 65.2. The Kier molecular flexibility index (Phi) is 10.3. The number of hydrogen-bond donors (Lipinski definition) is 7. The van der Waals surface area contributed by atoms with Crippen LogP contribution in [-0.4, -0.2) is 88.0 Å². The second kappa shape index (κ2) is 12.4. The minimum Gasteiger partial charge on any atom is -0.481 e. The molecule has 0 spiro atoms. The highest BCUT2D eigenvalue weighted by molar-refractivity contribution is 5.95. The summed E-state index contributed by atoms with van der Waals surface area (Å²) in [7, 11) is 0. The van der Waals surface area contributed by atoms with E-state index in [1.54, 1.807) is 0 Å². The molecule has 3 amide bonds. The molecule has 10 N–H and O–H groups in total. The Morgan fingerprint density at radius 3 is 2.25 bits per heavy atom. The van der Waals surface area contributed by atoms with Crippen molar-refractivity contribution in [3.05, 3.63) is 0 Å². The van der Waals surface area contributed by atoms with E-state index in [4.69, 9.17) is 22.3 Å². The number of nitrogens with two attached hydrogens (primary N) is 3. The molecule has 1 saturated heterocycles. The van der Waals surface area contributed by atoms with Gasteiger partial charge in [0, 0.05) is 13.1 Å². The molecular formula is C18H31N7O7. The van der Waals surface area contributed by atoms with Crippen LogP contribution >= 0.6 is 0 Å². The van der Waals surface area contributed by atoms with E-state index in [0.717, 1.165) is 0 Å². The maximum Gasteiger partial charge on any atom is 0.326 e. The van der Waals surface area contributed by atoms with E-state index in [2.05, 4.69) is 15.6 Å². The van der Waals surface area contributed by atoms with Gasteiger partial charge in [0.05, 0.1) is 12.5 Å². The zero-order valence-electron chi connectivity index (χ0n) is 17.8. The number of likely N-dealkylation sites (tertiary alicyclic amines) is 1. The molecule has 0 aliphatic carbocycles. The van der Waals surface area contributed by atoms with Crippen molar-refractivity contribution in [1.82, 2.24) is 15.5 Å². The van der Waals surface area contributed by atoms with Gasteiger partial charge < -0.3 is 42.9 Å². The molecule has 0 radical (unpaired) electrons. The maximum atomic E-state index is 13.0. The molecule has 180 valence electrons. The quantitative estimate of drug-likeness (QED) is 0.0884. The van der Waals surface area contributed by atoms with Crippen molar-refractivity contribution in [3.8, 4) is 0 Å². The normalized spacial score (nSPS) is 18.2. The van der Waals surface area contributed by atoms with Crippen LogP contribution in [-0.2, 0) is 24.0 Å². The molecule has 0 aromatic rings. The van der Waals surface area contributed by atoms with Gasteiger partial charge in [-0.25, -0.2) is 4.79 Å². The minimum absolute atomic E-state index is 0.0607. The third kappa shape index (κ3) is 8.37. The van der Waals surface area contributed by atoms with Gasteiger partial charge in [-0.2, -0.15) is 0 Å². The van der Waals surface area contributed by atoms with E-state index in [1.807, 2.05) is 0 Å². The maximum absolute atomic E-state index is 13.0. The highest BCUT2D eigenvalue weighted by Gasteiger charge is 2.38. The average molecular weight is 457 g/mol. The van der Waals surface area contributed by atoms with Crippen LogP contribution < -0.4 is 27.8 Å². The number of hydrogen-bond acceptors (Lipinski definition) is 7. The van der Waals surface area contributed by atoms with E-state index >= 15 is 0 Å². The lowest BCUT2D eigenvalue weighted by Gasteiger charge is -2.28. The monoisotopic (exact) mass is 457 g/mol. The van der Waals surface area contributed by atoms with E-state index in [0.29, 0.717) is 6.42 Å². The molecule has 1 fully saturated rings. The Balaban J connectivity index is 3.02. The van der Waals surface area contributed by atoms with Crippen molar-refractivity contribution in [2.45, 2.75) is 63.2 Å². The van der Waals surface area contributed by atoms with Crippen LogP contribution in [0, 0.1) is 0 Å². The van der Waals surface area contributed by atoms with E-state index in [-0.39, 0.29) is 38.3 Å². The Hall–Kier alpha value is -3.42.